The predicted molar refractivity (Wildman–Crippen MR) is 141 cm³/mol. The molecule has 0 bridgehead atoms. The Morgan fingerprint density at radius 1 is 1.12 bits per heavy atom. The minimum absolute atomic E-state index is 0.0391. The Bertz CT molecular complexity index is 1390. The van der Waals surface area contributed by atoms with Crippen LogP contribution < -0.4 is 14.7 Å². The third-order valence-corrected chi connectivity index (χ3v) is 7.44. The number of nitrogens with zero attached hydrogens (tertiary/aromatic N) is 3. The fourth-order valence-electron chi connectivity index (χ4n) is 5.14. The number of hydrogen-bond donors (Lipinski definition) is 2. The molecular formula is C27H28BF3N4O7. The van der Waals surface area contributed by atoms with Crippen LogP contribution in [0, 0.1) is 0 Å². The number of urea groups is 1. The van der Waals surface area contributed by atoms with Gasteiger partial charge in [-0.2, -0.15) is 13.2 Å². The summed E-state index contributed by atoms with van der Waals surface area (Å²) >= 11 is 0. The van der Waals surface area contributed by atoms with Crippen LogP contribution in [0.25, 0.3) is 0 Å². The van der Waals surface area contributed by atoms with Crippen molar-refractivity contribution >= 4 is 30.9 Å². The highest BCUT2D eigenvalue weighted by Gasteiger charge is 2.44. The molecule has 0 radical (unpaired) electrons. The normalized spacial score (nSPS) is 18.2. The maximum absolute atomic E-state index is 14.0. The molecule has 3 heterocycles. The maximum atomic E-state index is 14.0. The molecule has 1 atom stereocenters. The second kappa shape index (κ2) is 11.5. The number of aryl methyl sites for hydroxylation is 1. The molecular weight excluding hydrogens is 560 g/mol. The van der Waals surface area contributed by atoms with Gasteiger partial charge in [-0.15, -0.1) is 0 Å². The summed E-state index contributed by atoms with van der Waals surface area (Å²) in [4.78, 5) is 54.7. The van der Waals surface area contributed by atoms with E-state index in [1.54, 1.807) is 37.3 Å². The van der Waals surface area contributed by atoms with E-state index in [9.17, 15) is 37.4 Å². The van der Waals surface area contributed by atoms with Gasteiger partial charge in [0.2, 0.25) is 5.91 Å². The molecule has 0 unspecified atom stereocenters. The van der Waals surface area contributed by atoms with E-state index < -0.39 is 66.3 Å². The summed E-state index contributed by atoms with van der Waals surface area (Å²) in [5.74, 6) is -3.32. The number of likely N-dealkylation sites (tertiary alicyclic amines) is 1. The molecule has 3 aliphatic heterocycles. The molecule has 0 aromatic heterocycles. The average Bonchev–Trinajstić information content (AvgIpc) is 2.93. The second-order valence-corrected chi connectivity index (χ2v) is 10.2. The summed E-state index contributed by atoms with van der Waals surface area (Å²) in [7, 11) is -1.36. The highest BCUT2D eigenvalue weighted by atomic mass is 19.4. The zero-order valence-electron chi connectivity index (χ0n) is 22.6. The molecule has 222 valence electrons. The van der Waals surface area contributed by atoms with E-state index in [0.717, 1.165) is 4.90 Å². The lowest BCUT2D eigenvalue weighted by Crippen LogP contribution is -2.61. The first-order chi connectivity index (χ1) is 20.0. The number of benzene rings is 2. The Morgan fingerprint density at radius 2 is 1.83 bits per heavy atom. The van der Waals surface area contributed by atoms with Gasteiger partial charge >= 0.3 is 31.1 Å². The van der Waals surface area contributed by atoms with E-state index in [0.29, 0.717) is 17.7 Å². The molecule has 11 nitrogen and oxygen atoms in total. The van der Waals surface area contributed by atoms with Crippen LogP contribution in [-0.2, 0) is 27.0 Å². The molecule has 5 amide bonds. The van der Waals surface area contributed by atoms with E-state index in [1.165, 1.54) is 21.9 Å². The van der Waals surface area contributed by atoms with Crippen LogP contribution in [0.3, 0.4) is 0 Å². The van der Waals surface area contributed by atoms with Crippen LogP contribution >= 0.6 is 0 Å². The Kier molecular flexibility index (Phi) is 8.04. The number of piperazine rings is 1. The summed E-state index contributed by atoms with van der Waals surface area (Å²) in [5, 5.41) is 12.3. The van der Waals surface area contributed by atoms with Crippen LogP contribution in [-0.4, -0.2) is 89.4 Å². The number of rotatable bonds is 6. The van der Waals surface area contributed by atoms with Crippen molar-refractivity contribution in [3.63, 3.8) is 0 Å². The van der Waals surface area contributed by atoms with Crippen molar-refractivity contribution in [2.75, 3.05) is 32.7 Å². The Balaban J connectivity index is 1.29. The molecule has 42 heavy (non-hydrogen) atoms. The van der Waals surface area contributed by atoms with Gasteiger partial charge in [-0.25, -0.2) is 4.79 Å². The van der Waals surface area contributed by atoms with Gasteiger partial charge < -0.3 is 29.5 Å². The molecule has 0 aliphatic carbocycles. The number of alkyl halides is 3. The summed E-state index contributed by atoms with van der Waals surface area (Å²) in [6, 6.07) is 8.77. The Morgan fingerprint density at radius 3 is 2.50 bits per heavy atom. The molecule has 5 rings (SSSR count). The van der Waals surface area contributed by atoms with Crippen LogP contribution in [0.5, 0.6) is 11.5 Å². The molecule has 0 spiro atoms. The van der Waals surface area contributed by atoms with E-state index in [-0.39, 0.29) is 38.9 Å². The Labute approximate surface area is 239 Å². The van der Waals surface area contributed by atoms with Gasteiger partial charge in [-0.05, 0) is 36.9 Å². The topological polar surface area (TPSA) is 129 Å². The SMILES string of the molecule is CCN1CCN(C(=O)N[C@@H](C(=O)N2CC(Oc3ccc4c(c3C(F)(F)F)OB(O)CC4)C2)c2ccccc2)C(=O)C1=O. The predicted octanol–water partition coefficient (Wildman–Crippen LogP) is 1.85. The first-order valence-electron chi connectivity index (χ1n) is 13.5. The summed E-state index contributed by atoms with van der Waals surface area (Å²) < 4.78 is 52.8. The van der Waals surface area contributed by atoms with Gasteiger partial charge in [0.25, 0.3) is 0 Å². The monoisotopic (exact) mass is 588 g/mol. The minimum atomic E-state index is -4.82. The molecule has 3 aliphatic rings. The first kappa shape index (κ1) is 29.2. The standard InChI is InChI=1S/C27H28BF3N4O7/c1-2-33-12-13-35(25(38)24(33)37)26(39)32-21(16-6-4-3-5-7-16)23(36)34-14-18(15-34)41-19-9-8-17-10-11-28(40)42-22(17)20(19)27(29,30)31/h3-9,18,21,40H,2,10-15H2,1H3,(H,32,39)/t21-/m1/s1. The Hall–Kier alpha value is -4.27. The van der Waals surface area contributed by atoms with Crippen molar-refractivity contribution < 1.29 is 46.8 Å². The number of ether oxygens (including phenoxy) is 1. The summed E-state index contributed by atoms with van der Waals surface area (Å²) in [6.07, 6.45) is -5.22. The number of fused-ring (bicyclic) bond motifs is 1. The van der Waals surface area contributed by atoms with Gasteiger partial charge in [0.15, 0.2) is 0 Å². The lowest BCUT2D eigenvalue weighted by Gasteiger charge is -2.41. The molecule has 2 N–H and O–H groups in total. The molecule has 0 saturated carbocycles. The van der Waals surface area contributed by atoms with Crippen molar-refractivity contribution in [3.8, 4) is 11.5 Å². The van der Waals surface area contributed by atoms with Crippen LogP contribution in [0.2, 0.25) is 6.32 Å². The van der Waals surface area contributed by atoms with Gasteiger partial charge in [0, 0.05) is 19.6 Å². The highest BCUT2D eigenvalue weighted by Crippen LogP contribution is 2.46. The quantitative estimate of drug-likeness (QED) is 0.390. The third-order valence-electron chi connectivity index (χ3n) is 7.44. The van der Waals surface area contributed by atoms with E-state index in [4.69, 9.17) is 9.39 Å². The number of amides is 5. The van der Waals surface area contributed by atoms with Gasteiger partial charge in [0.1, 0.15) is 29.2 Å². The van der Waals surface area contributed by atoms with Gasteiger partial charge in [0.05, 0.1) is 13.1 Å². The summed E-state index contributed by atoms with van der Waals surface area (Å²) in [5.41, 5.74) is -0.403. The van der Waals surface area contributed by atoms with Crippen molar-refractivity contribution in [3.05, 3.63) is 59.2 Å². The lowest BCUT2D eigenvalue weighted by molar-refractivity contribution is -0.153. The maximum Gasteiger partial charge on any atom is 0.522 e. The zero-order valence-corrected chi connectivity index (χ0v) is 22.6. The highest BCUT2D eigenvalue weighted by molar-refractivity contribution is 6.44. The van der Waals surface area contributed by atoms with Crippen molar-refractivity contribution in [1.82, 2.24) is 20.0 Å². The van der Waals surface area contributed by atoms with E-state index in [2.05, 4.69) is 5.32 Å². The van der Waals surface area contributed by atoms with E-state index in [1.807, 2.05) is 0 Å². The number of hydrogen-bond acceptors (Lipinski definition) is 7. The number of imide groups is 1. The van der Waals surface area contributed by atoms with Gasteiger partial charge in [-0.3, -0.25) is 19.3 Å². The largest absolute Gasteiger partial charge is 0.535 e. The molecule has 15 heteroatoms. The van der Waals surface area contributed by atoms with Gasteiger partial charge in [-0.1, -0.05) is 36.4 Å². The minimum Gasteiger partial charge on any atom is -0.535 e. The number of carbonyl (C=O) groups excluding carboxylic acids is 4. The van der Waals surface area contributed by atoms with Crippen LogP contribution in [0.1, 0.15) is 29.7 Å². The van der Waals surface area contributed by atoms with Crippen molar-refractivity contribution in [1.29, 1.82) is 0 Å². The smallest absolute Gasteiger partial charge is 0.522 e. The second-order valence-electron chi connectivity index (χ2n) is 10.2. The number of carbonyl (C=O) groups is 4. The lowest BCUT2D eigenvalue weighted by atomic mass is 9.78. The number of halogens is 3. The fourth-order valence-corrected chi connectivity index (χ4v) is 5.14. The zero-order chi connectivity index (χ0) is 30.2. The first-order valence-corrected chi connectivity index (χ1v) is 13.5. The fraction of sp³-hybridized carbons (Fsp3) is 0.407. The average molecular weight is 588 g/mol. The molecule has 2 aromatic rings. The molecule has 2 saturated heterocycles. The van der Waals surface area contributed by atoms with Crippen molar-refractivity contribution in [2.45, 2.75) is 38.0 Å². The summed E-state index contributed by atoms with van der Waals surface area (Å²) in [6.45, 7) is 2.01. The third kappa shape index (κ3) is 5.73. The van der Waals surface area contributed by atoms with Crippen LogP contribution in [0.15, 0.2) is 42.5 Å². The number of likely N-dealkylation sites (N-methyl/N-ethyl adjacent to an activating group) is 1. The van der Waals surface area contributed by atoms with Crippen molar-refractivity contribution in [2.24, 2.45) is 0 Å². The van der Waals surface area contributed by atoms with Crippen LogP contribution in [0.4, 0.5) is 18.0 Å². The van der Waals surface area contributed by atoms with E-state index >= 15 is 0 Å². The number of nitrogens with one attached hydrogen (secondary N) is 1. The molecule has 2 fully saturated rings. The molecule has 2 aromatic carbocycles.